The Balaban J connectivity index is 1.92. The number of hydrogen-bond acceptors (Lipinski definition) is 5. The van der Waals surface area contributed by atoms with Crippen molar-refractivity contribution >= 4 is 15.7 Å². The number of sulfonamides is 1. The summed E-state index contributed by atoms with van der Waals surface area (Å²) in [5, 5.41) is 8.82. The van der Waals surface area contributed by atoms with Crippen molar-refractivity contribution in [3.8, 4) is 22.9 Å². The molecule has 1 N–H and O–H groups in total. The van der Waals surface area contributed by atoms with E-state index in [9.17, 15) is 8.42 Å². The van der Waals surface area contributed by atoms with Gasteiger partial charge in [-0.25, -0.2) is 4.98 Å². The number of aryl methyl sites for hydroxylation is 1. The zero-order chi connectivity index (χ0) is 19.4. The molecule has 0 unspecified atom stereocenters. The maximum Gasteiger partial charge on any atom is 0.279 e. The number of nitriles is 1. The second-order valence-electron chi connectivity index (χ2n) is 5.86. The van der Waals surface area contributed by atoms with Crippen LogP contribution in [0.5, 0.6) is 5.75 Å². The van der Waals surface area contributed by atoms with Crippen LogP contribution in [-0.4, -0.2) is 20.5 Å². The van der Waals surface area contributed by atoms with Gasteiger partial charge in [0, 0.05) is 0 Å². The summed E-state index contributed by atoms with van der Waals surface area (Å²) in [7, 11) is -2.34. The molecule has 0 bridgehead atoms. The molecule has 3 rings (SSSR count). The summed E-state index contributed by atoms with van der Waals surface area (Å²) in [5.41, 5.74) is 3.54. The van der Waals surface area contributed by atoms with E-state index in [1.165, 1.54) is 19.4 Å². The first-order valence-corrected chi connectivity index (χ1v) is 9.55. The topological polar surface area (TPSA) is 92.1 Å². The number of pyridine rings is 1. The molecule has 0 aliphatic carbocycles. The third-order valence-electron chi connectivity index (χ3n) is 4.05. The van der Waals surface area contributed by atoms with Gasteiger partial charge < -0.3 is 4.74 Å². The third kappa shape index (κ3) is 4.07. The van der Waals surface area contributed by atoms with Gasteiger partial charge in [0.15, 0.2) is 5.03 Å². The van der Waals surface area contributed by atoms with Crippen LogP contribution in [0.4, 0.5) is 5.69 Å². The summed E-state index contributed by atoms with van der Waals surface area (Å²) in [6, 6.07) is 17.6. The third-order valence-corrected chi connectivity index (χ3v) is 5.33. The molecule has 1 aromatic heterocycles. The Bertz CT molecular complexity index is 1100. The van der Waals surface area contributed by atoms with Gasteiger partial charge in [0.2, 0.25) is 0 Å². The number of benzene rings is 2. The van der Waals surface area contributed by atoms with Crippen molar-refractivity contribution in [2.75, 3.05) is 11.8 Å². The maximum atomic E-state index is 12.6. The zero-order valence-electron chi connectivity index (χ0n) is 14.8. The van der Waals surface area contributed by atoms with Gasteiger partial charge in [-0.05, 0) is 53.9 Å². The predicted octanol–water partition coefficient (Wildman–Crippen LogP) is 3.74. The Morgan fingerprint density at radius 1 is 1.04 bits per heavy atom. The van der Waals surface area contributed by atoms with Gasteiger partial charge in [0.1, 0.15) is 5.75 Å². The average Bonchev–Trinajstić information content (AvgIpc) is 2.69. The fourth-order valence-electron chi connectivity index (χ4n) is 2.49. The summed E-state index contributed by atoms with van der Waals surface area (Å²) in [6.45, 7) is 1.82. The molecule has 7 heteroatoms. The predicted molar refractivity (Wildman–Crippen MR) is 103 cm³/mol. The van der Waals surface area contributed by atoms with Gasteiger partial charge >= 0.3 is 0 Å². The van der Waals surface area contributed by atoms with E-state index in [4.69, 9.17) is 10.00 Å². The monoisotopic (exact) mass is 379 g/mol. The Kier molecular flexibility index (Phi) is 5.10. The number of hydrogen-bond donors (Lipinski definition) is 1. The number of aromatic nitrogens is 1. The number of rotatable bonds is 5. The second kappa shape index (κ2) is 7.48. The number of methoxy groups -OCH3 is 1. The summed E-state index contributed by atoms with van der Waals surface area (Å²) in [4.78, 5) is 3.94. The summed E-state index contributed by atoms with van der Waals surface area (Å²) >= 11 is 0. The lowest BCUT2D eigenvalue weighted by Crippen LogP contribution is -2.15. The number of nitrogens with zero attached hydrogens (tertiary/aromatic N) is 2. The van der Waals surface area contributed by atoms with Gasteiger partial charge in [-0.3, -0.25) is 4.72 Å². The minimum Gasteiger partial charge on any atom is -0.495 e. The zero-order valence-corrected chi connectivity index (χ0v) is 15.6. The lowest BCUT2D eigenvalue weighted by Gasteiger charge is -2.12. The quantitative estimate of drug-likeness (QED) is 0.729. The minimum absolute atomic E-state index is 0.0912. The van der Waals surface area contributed by atoms with Gasteiger partial charge in [-0.1, -0.05) is 24.3 Å². The molecular formula is C20H17N3O3S. The Hall–Kier alpha value is -3.37. The molecule has 1 heterocycles. The molecule has 6 nitrogen and oxygen atoms in total. The molecule has 136 valence electrons. The molecule has 0 saturated heterocycles. The van der Waals surface area contributed by atoms with Crippen LogP contribution in [0.3, 0.4) is 0 Å². The van der Waals surface area contributed by atoms with Crippen LogP contribution in [0, 0.1) is 18.3 Å². The highest BCUT2D eigenvalue weighted by Crippen LogP contribution is 2.27. The first-order chi connectivity index (χ1) is 12.9. The highest BCUT2D eigenvalue weighted by Gasteiger charge is 2.17. The SMILES string of the molecule is COc1ccc(S(=O)(=O)Nc2cc(-c3ccc(C#N)cc3)ccc2C)nc1. The van der Waals surface area contributed by atoms with E-state index >= 15 is 0 Å². The van der Waals surface area contributed by atoms with Crippen LogP contribution in [0.15, 0.2) is 65.8 Å². The van der Waals surface area contributed by atoms with Crippen LogP contribution < -0.4 is 9.46 Å². The fraction of sp³-hybridized carbons (Fsp3) is 0.100. The van der Waals surface area contributed by atoms with E-state index in [1.54, 1.807) is 24.3 Å². The maximum absolute atomic E-state index is 12.6. The van der Waals surface area contributed by atoms with E-state index in [2.05, 4.69) is 15.8 Å². The smallest absolute Gasteiger partial charge is 0.279 e. The van der Waals surface area contributed by atoms with Crippen molar-refractivity contribution in [3.63, 3.8) is 0 Å². The average molecular weight is 379 g/mol. The van der Waals surface area contributed by atoms with Crippen molar-refractivity contribution in [2.24, 2.45) is 0 Å². The Labute approximate surface area is 158 Å². The first kappa shape index (κ1) is 18.4. The van der Waals surface area contributed by atoms with Crippen molar-refractivity contribution in [2.45, 2.75) is 11.9 Å². The van der Waals surface area contributed by atoms with Gasteiger partial charge in [0.05, 0.1) is 30.6 Å². The van der Waals surface area contributed by atoms with Crippen LogP contribution in [0.25, 0.3) is 11.1 Å². The van der Waals surface area contributed by atoms with E-state index < -0.39 is 10.0 Å². The largest absolute Gasteiger partial charge is 0.495 e. The van der Waals surface area contributed by atoms with E-state index in [0.29, 0.717) is 17.0 Å². The van der Waals surface area contributed by atoms with Crippen LogP contribution in [0.2, 0.25) is 0 Å². The van der Waals surface area contributed by atoms with Gasteiger partial charge in [-0.15, -0.1) is 0 Å². The van der Waals surface area contributed by atoms with E-state index in [0.717, 1.165) is 16.7 Å². The lowest BCUT2D eigenvalue weighted by atomic mass is 10.0. The molecule has 3 aromatic rings. The van der Waals surface area contributed by atoms with Crippen molar-refractivity contribution in [3.05, 3.63) is 71.9 Å². The highest BCUT2D eigenvalue weighted by molar-refractivity contribution is 7.92. The second-order valence-corrected chi connectivity index (χ2v) is 7.49. The van der Waals surface area contributed by atoms with Crippen molar-refractivity contribution in [1.29, 1.82) is 5.26 Å². The molecule has 0 radical (unpaired) electrons. The molecular weight excluding hydrogens is 362 g/mol. The van der Waals surface area contributed by atoms with E-state index in [-0.39, 0.29) is 5.03 Å². The molecule has 0 saturated carbocycles. The Morgan fingerprint density at radius 3 is 2.33 bits per heavy atom. The minimum atomic E-state index is -3.83. The molecule has 0 aliphatic rings. The number of anilines is 1. The van der Waals surface area contributed by atoms with Gasteiger partial charge in [0.25, 0.3) is 10.0 Å². The summed E-state index contributed by atoms with van der Waals surface area (Å²) in [5.74, 6) is 0.480. The molecule has 0 spiro atoms. The Morgan fingerprint density at radius 2 is 1.74 bits per heavy atom. The molecule has 2 aromatic carbocycles. The number of nitrogens with one attached hydrogen (secondary N) is 1. The molecule has 0 amide bonds. The van der Waals surface area contributed by atoms with Crippen LogP contribution >= 0.6 is 0 Å². The molecule has 0 fully saturated rings. The van der Waals surface area contributed by atoms with Crippen molar-refractivity contribution in [1.82, 2.24) is 4.98 Å². The van der Waals surface area contributed by atoms with Crippen LogP contribution in [0.1, 0.15) is 11.1 Å². The normalized spacial score (nSPS) is 10.9. The van der Waals surface area contributed by atoms with Gasteiger partial charge in [-0.2, -0.15) is 13.7 Å². The summed E-state index contributed by atoms with van der Waals surface area (Å²) < 4.78 is 32.9. The van der Waals surface area contributed by atoms with Crippen LogP contribution in [-0.2, 0) is 10.0 Å². The molecule has 0 aliphatic heterocycles. The lowest BCUT2D eigenvalue weighted by molar-refractivity contribution is 0.412. The molecule has 27 heavy (non-hydrogen) atoms. The van der Waals surface area contributed by atoms with E-state index in [1.807, 2.05) is 31.2 Å². The highest BCUT2D eigenvalue weighted by atomic mass is 32.2. The molecule has 0 atom stereocenters. The number of ether oxygens (including phenoxy) is 1. The standard InChI is InChI=1S/C20H17N3O3S/c1-14-3-6-17(16-7-4-15(12-21)5-8-16)11-19(14)23-27(24,25)20-10-9-18(26-2)13-22-20/h3-11,13,23H,1-2H3. The first-order valence-electron chi connectivity index (χ1n) is 8.07. The van der Waals surface area contributed by atoms with Crippen molar-refractivity contribution < 1.29 is 13.2 Å². The fourth-order valence-corrected chi connectivity index (χ4v) is 3.54. The summed E-state index contributed by atoms with van der Waals surface area (Å²) in [6.07, 6.45) is 1.36.